The van der Waals surface area contributed by atoms with Crippen LogP contribution in [0.1, 0.15) is 26.2 Å². The molecule has 0 bridgehead atoms. The van der Waals surface area contributed by atoms with Crippen molar-refractivity contribution >= 4 is 0 Å². The van der Waals surface area contributed by atoms with Crippen molar-refractivity contribution in [3.63, 3.8) is 0 Å². The SMILES string of the molecule is CC1CN(CCC2CCCNC2)CC1N(C)C. The molecule has 3 atom stereocenters. The monoisotopic (exact) mass is 239 g/mol. The van der Waals surface area contributed by atoms with Gasteiger partial charge in [0.05, 0.1) is 0 Å². The number of hydrogen-bond donors (Lipinski definition) is 1. The minimum atomic E-state index is 0.763. The smallest absolute Gasteiger partial charge is 0.0254 e. The van der Waals surface area contributed by atoms with Gasteiger partial charge in [-0.05, 0) is 64.8 Å². The van der Waals surface area contributed by atoms with E-state index in [1.165, 1.54) is 52.0 Å². The molecule has 2 fully saturated rings. The lowest BCUT2D eigenvalue weighted by atomic mass is 9.96. The summed E-state index contributed by atoms with van der Waals surface area (Å²) in [6.45, 7) is 8.76. The summed E-state index contributed by atoms with van der Waals surface area (Å²) in [6.07, 6.45) is 4.20. The summed E-state index contributed by atoms with van der Waals surface area (Å²) in [5, 5.41) is 3.52. The van der Waals surface area contributed by atoms with E-state index in [4.69, 9.17) is 0 Å². The second-order valence-electron chi connectivity index (χ2n) is 6.27. The highest BCUT2D eigenvalue weighted by Crippen LogP contribution is 2.22. The maximum atomic E-state index is 3.52. The Morgan fingerprint density at radius 3 is 2.71 bits per heavy atom. The molecule has 1 N–H and O–H groups in total. The Kier molecular flexibility index (Phi) is 4.83. The van der Waals surface area contributed by atoms with Gasteiger partial charge in [0.15, 0.2) is 0 Å². The predicted octanol–water partition coefficient (Wildman–Crippen LogP) is 1.26. The first-order valence-corrected chi connectivity index (χ1v) is 7.26. The number of nitrogens with one attached hydrogen (secondary N) is 1. The zero-order valence-electron chi connectivity index (χ0n) is 11.8. The molecule has 3 nitrogen and oxygen atoms in total. The number of piperidine rings is 1. The van der Waals surface area contributed by atoms with Crippen LogP contribution in [0, 0.1) is 11.8 Å². The molecule has 0 aromatic carbocycles. The number of likely N-dealkylation sites (N-methyl/N-ethyl adjacent to an activating group) is 1. The Morgan fingerprint density at radius 1 is 1.29 bits per heavy atom. The third kappa shape index (κ3) is 3.67. The molecule has 3 heteroatoms. The van der Waals surface area contributed by atoms with Crippen LogP contribution < -0.4 is 5.32 Å². The fourth-order valence-corrected chi connectivity index (χ4v) is 3.44. The standard InChI is InChI=1S/C14H29N3/c1-12-10-17(11-14(12)16(2)3)8-6-13-5-4-7-15-9-13/h12-15H,4-11H2,1-3H3. The molecule has 100 valence electrons. The second kappa shape index (κ2) is 6.17. The first-order valence-electron chi connectivity index (χ1n) is 7.26. The van der Waals surface area contributed by atoms with Crippen LogP contribution >= 0.6 is 0 Å². The van der Waals surface area contributed by atoms with Gasteiger partial charge in [0.2, 0.25) is 0 Å². The van der Waals surface area contributed by atoms with E-state index in [1.807, 2.05) is 0 Å². The molecule has 0 radical (unpaired) electrons. The highest BCUT2D eigenvalue weighted by atomic mass is 15.2. The molecule has 0 aromatic rings. The maximum absolute atomic E-state index is 3.52. The van der Waals surface area contributed by atoms with E-state index in [0.717, 1.165) is 17.9 Å². The minimum Gasteiger partial charge on any atom is -0.316 e. The topological polar surface area (TPSA) is 18.5 Å². The molecule has 2 saturated heterocycles. The lowest BCUT2D eigenvalue weighted by Gasteiger charge is -2.25. The van der Waals surface area contributed by atoms with Gasteiger partial charge in [0, 0.05) is 19.1 Å². The van der Waals surface area contributed by atoms with Crippen LogP contribution in [-0.2, 0) is 0 Å². The van der Waals surface area contributed by atoms with E-state index in [1.54, 1.807) is 0 Å². The van der Waals surface area contributed by atoms with Crippen molar-refractivity contribution in [2.45, 2.75) is 32.2 Å². The first kappa shape index (κ1) is 13.3. The molecule has 0 spiro atoms. The summed E-state index contributed by atoms with van der Waals surface area (Å²) in [5.74, 6) is 1.76. The summed E-state index contributed by atoms with van der Waals surface area (Å²) >= 11 is 0. The fourth-order valence-electron chi connectivity index (χ4n) is 3.44. The highest BCUT2D eigenvalue weighted by molar-refractivity contribution is 4.86. The van der Waals surface area contributed by atoms with Crippen LogP contribution in [0.2, 0.25) is 0 Å². The number of hydrogen-bond acceptors (Lipinski definition) is 3. The number of rotatable bonds is 4. The van der Waals surface area contributed by atoms with Crippen LogP contribution in [0.5, 0.6) is 0 Å². The van der Waals surface area contributed by atoms with Crippen molar-refractivity contribution in [2.75, 3.05) is 46.8 Å². The van der Waals surface area contributed by atoms with E-state index >= 15 is 0 Å². The number of likely N-dealkylation sites (tertiary alicyclic amines) is 1. The van der Waals surface area contributed by atoms with Crippen LogP contribution in [-0.4, -0.2) is 62.7 Å². The Bertz CT molecular complexity index is 224. The number of nitrogens with zero attached hydrogens (tertiary/aromatic N) is 2. The van der Waals surface area contributed by atoms with Crippen LogP contribution in [0.4, 0.5) is 0 Å². The third-order valence-corrected chi connectivity index (χ3v) is 4.56. The summed E-state index contributed by atoms with van der Waals surface area (Å²) in [7, 11) is 4.44. The molecular weight excluding hydrogens is 210 g/mol. The minimum absolute atomic E-state index is 0.763. The van der Waals surface area contributed by atoms with Gasteiger partial charge in [-0.25, -0.2) is 0 Å². The van der Waals surface area contributed by atoms with Crippen molar-refractivity contribution in [1.29, 1.82) is 0 Å². The Morgan fingerprint density at radius 2 is 2.12 bits per heavy atom. The van der Waals surface area contributed by atoms with Crippen molar-refractivity contribution < 1.29 is 0 Å². The molecule has 0 aromatic heterocycles. The van der Waals surface area contributed by atoms with Gasteiger partial charge in [-0.3, -0.25) is 0 Å². The molecular formula is C14H29N3. The van der Waals surface area contributed by atoms with E-state index in [0.29, 0.717) is 0 Å². The molecule has 2 aliphatic rings. The zero-order valence-corrected chi connectivity index (χ0v) is 11.8. The second-order valence-corrected chi connectivity index (χ2v) is 6.27. The van der Waals surface area contributed by atoms with Crippen molar-refractivity contribution in [1.82, 2.24) is 15.1 Å². The average molecular weight is 239 g/mol. The Balaban J connectivity index is 1.70. The van der Waals surface area contributed by atoms with Gasteiger partial charge >= 0.3 is 0 Å². The Hall–Kier alpha value is -0.120. The van der Waals surface area contributed by atoms with Crippen molar-refractivity contribution in [3.05, 3.63) is 0 Å². The third-order valence-electron chi connectivity index (χ3n) is 4.56. The van der Waals surface area contributed by atoms with Crippen molar-refractivity contribution in [3.8, 4) is 0 Å². The van der Waals surface area contributed by atoms with E-state index in [9.17, 15) is 0 Å². The molecule has 0 amide bonds. The highest BCUT2D eigenvalue weighted by Gasteiger charge is 2.30. The Labute approximate surface area is 107 Å². The molecule has 3 unspecified atom stereocenters. The molecule has 0 aliphatic carbocycles. The molecule has 2 aliphatic heterocycles. The van der Waals surface area contributed by atoms with Gasteiger partial charge in [0.1, 0.15) is 0 Å². The normalized spacial score (nSPS) is 35.6. The largest absolute Gasteiger partial charge is 0.316 e. The van der Waals surface area contributed by atoms with Gasteiger partial charge in [-0.2, -0.15) is 0 Å². The lowest BCUT2D eigenvalue weighted by Crippen LogP contribution is -2.35. The van der Waals surface area contributed by atoms with Gasteiger partial charge < -0.3 is 15.1 Å². The van der Waals surface area contributed by atoms with Crippen LogP contribution in [0.3, 0.4) is 0 Å². The lowest BCUT2D eigenvalue weighted by molar-refractivity contribution is 0.240. The first-order chi connectivity index (χ1) is 8.16. The summed E-state index contributed by atoms with van der Waals surface area (Å²) in [4.78, 5) is 5.07. The van der Waals surface area contributed by atoms with Crippen LogP contribution in [0.15, 0.2) is 0 Å². The van der Waals surface area contributed by atoms with Gasteiger partial charge in [-0.15, -0.1) is 0 Å². The van der Waals surface area contributed by atoms with Gasteiger partial charge in [0.25, 0.3) is 0 Å². The molecule has 0 saturated carbocycles. The quantitative estimate of drug-likeness (QED) is 0.797. The average Bonchev–Trinajstić information content (AvgIpc) is 2.69. The predicted molar refractivity (Wildman–Crippen MR) is 73.3 cm³/mol. The van der Waals surface area contributed by atoms with E-state index < -0.39 is 0 Å². The van der Waals surface area contributed by atoms with E-state index in [2.05, 4.69) is 36.1 Å². The molecule has 2 rings (SSSR count). The molecule has 17 heavy (non-hydrogen) atoms. The van der Waals surface area contributed by atoms with E-state index in [-0.39, 0.29) is 0 Å². The van der Waals surface area contributed by atoms with Gasteiger partial charge in [-0.1, -0.05) is 6.92 Å². The van der Waals surface area contributed by atoms with Crippen LogP contribution in [0.25, 0.3) is 0 Å². The summed E-state index contributed by atoms with van der Waals surface area (Å²) < 4.78 is 0. The van der Waals surface area contributed by atoms with Crippen molar-refractivity contribution in [2.24, 2.45) is 11.8 Å². The maximum Gasteiger partial charge on any atom is 0.0254 e. The fraction of sp³-hybridized carbons (Fsp3) is 1.00. The molecule has 2 heterocycles. The summed E-state index contributed by atoms with van der Waals surface area (Å²) in [6, 6.07) is 0.763. The summed E-state index contributed by atoms with van der Waals surface area (Å²) in [5.41, 5.74) is 0. The zero-order chi connectivity index (χ0) is 12.3.